The Balaban J connectivity index is 1.91. The normalized spacial score (nSPS) is 12.3. The third-order valence-corrected chi connectivity index (χ3v) is 4.46. The molecule has 1 aromatic heterocycles. The molecule has 0 aliphatic heterocycles. The van der Waals surface area contributed by atoms with E-state index in [1.807, 2.05) is 32.0 Å². The quantitative estimate of drug-likeness (QED) is 0.645. The molecule has 0 radical (unpaired) electrons. The summed E-state index contributed by atoms with van der Waals surface area (Å²) in [5, 5.41) is 1.24. The summed E-state index contributed by atoms with van der Waals surface area (Å²) in [4.78, 5) is 3.35. The Bertz CT molecular complexity index is 826. The zero-order valence-corrected chi connectivity index (χ0v) is 14.9. The van der Waals surface area contributed by atoms with Gasteiger partial charge < -0.3 is 20.2 Å². The Morgan fingerprint density at radius 3 is 2.60 bits per heavy atom. The number of H-pyrrole nitrogens is 1. The first-order valence-corrected chi connectivity index (χ1v) is 8.91. The van der Waals surface area contributed by atoms with Gasteiger partial charge in [-0.25, -0.2) is 0 Å². The van der Waals surface area contributed by atoms with Crippen LogP contribution in [0.2, 0.25) is 0 Å². The zero-order valence-electron chi connectivity index (χ0n) is 14.9. The van der Waals surface area contributed by atoms with Gasteiger partial charge in [0.05, 0.1) is 13.2 Å². The average molecular weight is 338 g/mol. The predicted molar refractivity (Wildman–Crippen MR) is 103 cm³/mol. The van der Waals surface area contributed by atoms with E-state index in [0.717, 1.165) is 29.0 Å². The van der Waals surface area contributed by atoms with E-state index in [9.17, 15) is 0 Å². The zero-order chi connectivity index (χ0) is 17.6. The van der Waals surface area contributed by atoms with Crippen molar-refractivity contribution < 1.29 is 9.47 Å². The van der Waals surface area contributed by atoms with Crippen molar-refractivity contribution in [3.8, 4) is 11.5 Å². The lowest BCUT2D eigenvalue weighted by molar-refractivity contribution is 0.320. The average Bonchev–Trinajstić information content (AvgIpc) is 3.06. The fourth-order valence-electron chi connectivity index (χ4n) is 3.27. The molecule has 0 aliphatic carbocycles. The maximum absolute atomic E-state index is 6.13. The van der Waals surface area contributed by atoms with E-state index >= 15 is 0 Å². The Morgan fingerprint density at radius 2 is 1.84 bits per heavy atom. The summed E-state index contributed by atoms with van der Waals surface area (Å²) in [7, 11) is 0. The number of nitrogens with one attached hydrogen (secondary N) is 1. The van der Waals surface area contributed by atoms with Crippen molar-refractivity contribution >= 4 is 10.9 Å². The number of ether oxygens (including phenoxy) is 2. The number of rotatable bonds is 8. The molecule has 3 N–H and O–H groups in total. The third-order valence-electron chi connectivity index (χ3n) is 4.46. The van der Waals surface area contributed by atoms with Gasteiger partial charge >= 0.3 is 0 Å². The van der Waals surface area contributed by atoms with Crippen LogP contribution < -0.4 is 15.2 Å². The second-order valence-corrected chi connectivity index (χ2v) is 6.06. The van der Waals surface area contributed by atoms with Gasteiger partial charge in [-0.3, -0.25) is 0 Å². The summed E-state index contributed by atoms with van der Waals surface area (Å²) in [5.41, 5.74) is 9.69. The van der Waals surface area contributed by atoms with Crippen LogP contribution in [0.15, 0.2) is 48.7 Å². The van der Waals surface area contributed by atoms with Gasteiger partial charge in [-0.1, -0.05) is 24.3 Å². The Hall–Kier alpha value is -2.46. The van der Waals surface area contributed by atoms with Crippen LogP contribution in [0.5, 0.6) is 11.5 Å². The molecular formula is C21H26N2O2. The molecule has 2 aromatic carbocycles. The van der Waals surface area contributed by atoms with E-state index in [2.05, 4.69) is 35.4 Å². The highest BCUT2D eigenvalue weighted by Gasteiger charge is 2.17. The first kappa shape index (κ1) is 17.4. The van der Waals surface area contributed by atoms with E-state index in [1.54, 1.807) is 0 Å². The number of aromatic amines is 1. The van der Waals surface area contributed by atoms with Gasteiger partial charge in [0.2, 0.25) is 0 Å². The SMILES string of the molecule is CCOc1ccc(CC(CN)c2c[nH]c3ccccc23)c(OCC)c1. The van der Waals surface area contributed by atoms with Crippen LogP contribution in [0.4, 0.5) is 0 Å². The van der Waals surface area contributed by atoms with Gasteiger partial charge in [0, 0.05) is 29.1 Å². The molecular weight excluding hydrogens is 312 g/mol. The number of nitrogens with two attached hydrogens (primary N) is 1. The minimum absolute atomic E-state index is 0.230. The second-order valence-electron chi connectivity index (χ2n) is 6.06. The second kappa shape index (κ2) is 8.08. The monoisotopic (exact) mass is 338 g/mol. The van der Waals surface area contributed by atoms with Gasteiger partial charge in [0.25, 0.3) is 0 Å². The smallest absolute Gasteiger partial charge is 0.126 e. The Morgan fingerprint density at radius 1 is 1.04 bits per heavy atom. The van der Waals surface area contributed by atoms with Gasteiger partial charge in [-0.15, -0.1) is 0 Å². The molecule has 132 valence electrons. The first-order chi connectivity index (χ1) is 12.3. The maximum atomic E-state index is 6.13. The summed E-state index contributed by atoms with van der Waals surface area (Å²) >= 11 is 0. The van der Waals surface area contributed by atoms with Crippen molar-refractivity contribution in [1.82, 2.24) is 4.98 Å². The van der Waals surface area contributed by atoms with Crippen molar-refractivity contribution in [1.29, 1.82) is 0 Å². The van der Waals surface area contributed by atoms with E-state index < -0.39 is 0 Å². The summed E-state index contributed by atoms with van der Waals surface area (Å²) in [6.45, 7) is 5.84. The molecule has 0 bridgehead atoms. The molecule has 0 saturated heterocycles. The lowest BCUT2D eigenvalue weighted by Crippen LogP contribution is -2.15. The molecule has 25 heavy (non-hydrogen) atoms. The first-order valence-electron chi connectivity index (χ1n) is 8.91. The molecule has 1 heterocycles. The fraction of sp³-hybridized carbons (Fsp3) is 0.333. The van der Waals surface area contributed by atoms with Crippen LogP contribution in [0.3, 0.4) is 0 Å². The molecule has 3 rings (SSSR count). The molecule has 1 atom stereocenters. The van der Waals surface area contributed by atoms with Gasteiger partial charge in [0.1, 0.15) is 11.5 Å². The molecule has 1 unspecified atom stereocenters. The summed E-state index contributed by atoms with van der Waals surface area (Å²) in [5.74, 6) is 1.95. The highest BCUT2D eigenvalue weighted by Crippen LogP contribution is 2.32. The van der Waals surface area contributed by atoms with Gasteiger partial charge in [0.15, 0.2) is 0 Å². The minimum Gasteiger partial charge on any atom is -0.494 e. The van der Waals surface area contributed by atoms with Gasteiger partial charge in [-0.2, -0.15) is 0 Å². The lowest BCUT2D eigenvalue weighted by Gasteiger charge is -2.18. The number of aromatic nitrogens is 1. The molecule has 3 aromatic rings. The van der Waals surface area contributed by atoms with Crippen LogP contribution in [0.25, 0.3) is 10.9 Å². The number of hydrogen-bond acceptors (Lipinski definition) is 3. The third kappa shape index (κ3) is 3.80. The molecule has 4 heteroatoms. The highest BCUT2D eigenvalue weighted by molar-refractivity contribution is 5.83. The van der Waals surface area contributed by atoms with Crippen molar-refractivity contribution in [2.45, 2.75) is 26.2 Å². The van der Waals surface area contributed by atoms with E-state index in [0.29, 0.717) is 19.8 Å². The van der Waals surface area contributed by atoms with Crippen molar-refractivity contribution in [2.75, 3.05) is 19.8 Å². The van der Waals surface area contributed by atoms with Crippen molar-refractivity contribution in [3.63, 3.8) is 0 Å². The molecule has 0 saturated carbocycles. The Kier molecular flexibility index (Phi) is 5.61. The van der Waals surface area contributed by atoms with Crippen LogP contribution in [0, 0.1) is 0 Å². The summed E-state index contributed by atoms with van der Waals surface area (Å²) < 4.78 is 11.4. The highest BCUT2D eigenvalue weighted by atomic mass is 16.5. The van der Waals surface area contributed by atoms with Crippen LogP contribution in [-0.2, 0) is 6.42 Å². The molecule has 0 aliphatic rings. The van der Waals surface area contributed by atoms with Gasteiger partial charge in [-0.05, 0) is 50.1 Å². The largest absolute Gasteiger partial charge is 0.494 e. The maximum Gasteiger partial charge on any atom is 0.126 e. The number of fused-ring (bicyclic) bond motifs is 1. The predicted octanol–water partition coefficient (Wildman–Crippen LogP) is 4.25. The topological polar surface area (TPSA) is 60.3 Å². The van der Waals surface area contributed by atoms with E-state index in [1.165, 1.54) is 10.9 Å². The Labute approximate surface area is 149 Å². The van der Waals surface area contributed by atoms with Crippen molar-refractivity contribution in [3.05, 3.63) is 59.8 Å². The van der Waals surface area contributed by atoms with Crippen LogP contribution >= 0.6 is 0 Å². The van der Waals surface area contributed by atoms with Crippen LogP contribution in [-0.4, -0.2) is 24.7 Å². The summed E-state index contributed by atoms with van der Waals surface area (Å²) in [6, 6.07) is 14.4. The van der Waals surface area contributed by atoms with Crippen LogP contribution in [0.1, 0.15) is 30.9 Å². The van der Waals surface area contributed by atoms with Crippen molar-refractivity contribution in [2.24, 2.45) is 5.73 Å². The molecule has 4 nitrogen and oxygen atoms in total. The number of hydrogen-bond donors (Lipinski definition) is 2. The van der Waals surface area contributed by atoms with E-state index in [4.69, 9.17) is 15.2 Å². The minimum atomic E-state index is 0.230. The summed E-state index contributed by atoms with van der Waals surface area (Å²) in [6.07, 6.45) is 2.91. The molecule has 0 fully saturated rings. The molecule has 0 amide bonds. The molecule has 0 spiro atoms. The fourth-order valence-corrected chi connectivity index (χ4v) is 3.27. The standard InChI is InChI=1S/C21H26N2O2/c1-3-24-17-10-9-15(21(12-17)25-4-2)11-16(13-22)19-14-23-20-8-6-5-7-18(19)20/h5-10,12,14,16,23H,3-4,11,13,22H2,1-2H3. The number of para-hydroxylation sites is 1. The lowest BCUT2D eigenvalue weighted by atomic mass is 9.91. The number of benzene rings is 2. The van der Waals surface area contributed by atoms with E-state index in [-0.39, 0.29) is 5.92 Å².